The van der Waals surface area contributed by atoms with E-state index in [1.54, 1.807) is 0 Å². The van der Waals surface area contributed by atoms with Crippen molar-refractivity contribution in [3.05, 3.63) is 36.2 Å². The van der Waals surface area contributed by atoms with Crippen LogP contribution < -0.4 is 21.3 Å². The van der Waals surface area contributed by atoms with Crippen molar-refractivity contribution in [2.45, 2.75) is 33.3 Å². The summed E-state index contributed by atoms with van der Waals surface area (Å²) in [5, 5.41) is 3.25. The maximum Gasteiger partial charge on any atom is 0.148 e. The van der Waals surface area contributed by atoms with E-state index in [4.69, 9.17) is 10.6 Å². The second-order valence-electron chi connectivity index (χ2n) is 4.83. The molecule has 2 aromatic rings. The monoisotopic (exact) mass is 287 g/mol. The van der Waals surface area contributed by atoms with Gasteiger partial charge in [-0.15, -0.1) is 0 Å². The molecule has 0 radical (unpaired) electrons. The molecule has 6 nitrogen and oxygen atoms in total. The van der Waals surface area contributed by atoms with Crippen molar-refractivity contribution in [3.63, 3.8) is 0 Å². The molecule has 0 saturated carbocycles. The van der Waals surface area contributed by atoms with Crippen molar-refractivity contribution in [1.29, 1.82) is 0 Å². The topological polar surface area (TPSA) is 85.1 Å². The highest BCUT2D eigenvalue weighted by atomic mass is 16.5. The molecular weight excluding hydrogens is 266 g/mol. The van der Waals surface area contributed by atoms with Gasteiger partial charge in [0.05, 0.1) is 6.10 Å². The van der Waals surface area contributed by atoms with Gasteiger partial charge in [-0.25, -0.2) is 15.8 Å². The number of hydrazine groups is 1. The van der Waals surface area contributed by atoms with Crippen LogP contribution >= 0.6 is 0 Å². The van der Waals surface area contributed by atoms with Crippen LogP contribution in [0.3, 0.4) is 0 Å². The Balaban J connectivity index is 2.18. The Bertz CT molecular complexity index is 602. The quantitative estimate of drug-likeness (QED) is 0.559. The van der Waals surface area contributed by atoms with E-state index in [1.165, 1.54) is 6.33 Å². The van der Waals surface area contributed by atoms with E-state index in [0.717, 1.165) is 23.4 Å². The average molecular weight is 287 g/mol. The number of anilines is 3. The third-order valence-corrected chi connectivity index (χ3v) is 3.23. The van der Waals surface area contributed by atoms with Gasteiger partial charge in [0.1, 0.15) is 23.7 Å². The van der Waals surface area contributed by atoms with Crippen molar-refractivity contribution in [3.8, 4) is 5.75 Å². The SMILES string of the molecule is CCC(C)Oc1cccc(Nc2ncnc(NN)c2C)c1. The standard InChI is InChI=1S/C15H21N5O/c1-4-10(2)21-13-7-5-6-12(8-13)19-14-11(3)15(20-16)18-9-17-14/h5-10H,4,16H2,1-3H3,(H2,17,18,19,20). The minimum absolute atomic E-state index is 0.189. The molecule has 6 heteroatoms. The molecule has 0 amide bonds. The molecule has 4 N–H and O–H groups in total. The summed E-state index contributed by atoms with van der Waals surface area (Å²) in [5.41, 5.74) is 4.31. The van der Waals surface area contributed by atoms with Gasteiger partial charge in [0, 0.05) is 17.3 Å². The molecule has 0 spiro atoms. The maximum absolute atomic E-state index is 5.81. The van der Waals surface area contributed by atoms with Gasteiger partial charge in [0.25, 0.3) is 0 Å². The fraction of sp³-hybridized carbons (Fsp3) is 0.333. The summed E-state index contributed by atoms with van der Waals surface area (Å²) >= 11 is 0. The molecule has 1 unspecified atom stereocenters. The summed E-state index contributed by atoms with van der Waals surface area (Å²) in [6.07, 6.45) is 2.62. The number of benzene rings is 1. The Morgan fingerprint density at radius 3 is 2.76 bits per heavy atom. The van der Waals surface area contributed by atoms with E-state index < -0.39 is 0 Å². The van der Waals surface area contributed by atoms with Gasteiger partial charge in [-0.3, -0.25) is 0 Å². The number of hydrogen-bond donors (Lipinski definition) is 3. The molecular formula is C15H21N5O. The molecule has 2 rings (SSSR count). The van der Waals surface area contributed by atoms with E-state index in [2.05, 4.69) is 27.6 Å². The predicted octanol–water partition coefficient (Wildman–Crippen LogP) is 2.99. The number of nitrogen functional groups attached to an aromatic ring is 1. The smallest absolute Gasteiger partial charge is 0.148 e. The molecule has 0 aliphatic carbocycles. The van der Waals surface area contributed by atoms with Crippen molar-refractivity contribution < 1.29 is 4.74 Å². The third-order valence-electron chi connectivity index (χ3n) is 3.23. The van der Waals surface area contributed by atoms with Gasteiger partial charge in [-0.2, -0.15) is 0 Å². The van der Waals surface area contributed by atoms with E-state index in [0.29, 0.717) is 11.6 Å². The van der Waals surface area contributed by atoms with Gasteiger partial charge in [0.15, 0.2) is 0 Å². The molecule has 0 bridgehead atoms. The average Bonchev–Trinajstić information content (AvgIpc) is 2.49. The zero-order valence-electron chi connectivity index (χ0n) is 12.6. The number of nitrogens with two attached hydrogens (primary N) is 1. The molecule has 1 aromatic carbocycles. The lowest BCUT2D eigenvalue weighted by molar-refractivity contribution is 0.217. The Labute approximate surface area is 124 Å². The second kappa shape index (κ2) is 6.90. The Morgan fingerprint density at radius 1 is 1.29 bits per heavy atom. The minimum atomic E-state index is 0.189. The zero-order valence-corrected chi connectivity index (χ0v) is 12.6. The molecule has 112 valence electrons. The first kappa shape index (κ1) is 15.1. The molecule has 0 aliphatic rings. The van der Waals surface area contributed by atoms with Gasteiger partial charge in [0.2, 0.25) is 0 Å². The van der Waals surface area contributed by atoms with Crippen molar-refractivity contribution in [2.24, 2.45) is 5.84 Å². The Morgan fingerprint density at radius 2 is 2.05 bits per heavy atom. The highest BCUT2D eigenvalue weighted by Gasteiger charge is 2.07. The largest absolute Gasteiger partial charge is 0.491 e. The van der Waals surface area contributed by atoms with Crippen LogP contribution in [-0.4, -0.2) is 16.1 Å². The summed E-state index contributed by atoms with van der Waals surface area (Å²) in [4.78, 5) is 8.29. The second-order valence-corrected chi connectivity index (χ2v) is 4.83. The first-order valence-electron chi connectivity index (χ1n) is 6.96. The first-order valence-corrected chi connectivity index (χ1v) is 6.96. The summed E-state index contributed by atoms with van der Waals surface area (Å²) < 4.78 is 5.81. The lowest BCUT2D eigenvalue weighted by Gasteiger charge is -2.15. The van der Waals surface area contributed by atoms with Crippen LogP contribution in [0.1, 0.15) is 25.8 Å². The zero-order chi connectivity index (χ0) is 15.2. The molecule has 21 heavy (non-hydrogen) atoms. The Hall–Kier alpha value is -2.34. The van der Waals surface area contributed by atoms with Gasteiger partial charge < -0.3 is 15.5 Å². The third kappa shape index (κ3) is 3.82. The van der Waals surface area contributed by atoms with E-state index in [-0.39, 0.29) is 6.10 Å². The van der Waals surface area contributed by atoms with Crippen LogP contribution in [-0.2, 0) is 0 Å². The maximum atomic E-state index is 5.81. The van der Waals surface area contributed by atoms with Gasteiger partial charge in [-0.05, 0) is 32.4 Å². The van der Waals surface area contributed by atoms with Crippen LogP contribution in [0.4, 0.5) is 17.3 Å². The van der Waals surface area contributed by atoms with Crippen LogP contribution in [0.25, 0.3) is 0 Å². The lowest BCUT2D eigenvalue weighted by Crippen LogP contribution is -2.12. The summed E-state index contributed by atoms with van der Waals surface area (Å²) in [6, 6.07) is 7.79. The van der Waals surface area contributed by atoms with Crippen LogP contribution in [0.5, 0.6) is 5.75 Å². The molecule has 0 fully saturated rings. The number of aromatic nitrogens is 2. The van der Waals surface area contributed by atoms with Crippen molar-refractivity contribution >= 4 is 17.3 Å². The van der Waals surface area contributed by atoms with E-state index in [1.807, 2.05) is 38.1 Å². The molecule has 1 aromatic heterocycles. The van der Waals surface area contributed by atoms with Crippen LogP contribution in [0.15, 0.2) is 30.6 Å². The number of rotatable bonds is 6. The molecule has 1 atom stereocenters. The van der Waals surface area contributed by atoms with E-state index in [9.17, 15) is 0 Å². The molecule has 1 heterocycles. The summed E-state index contributed by atoms with van der Waals surface area (Å²) in [5.74, 6) is 7.55. The van der Waals surface area contributed by atoms with Gasteiger partial charge >= 0.3 is 0 Å². The van der Waals surface area contributed by atoms with Crippen LogP contribution in [0, 0.1) is 6.92 Å². The summed E-state index contributed by atoms with van der Waals surface area (Å²) in [6.45, 7) is 6.04. The highest BCUT2D eigenvalue weighted by molar-refractivity contribution is 5.64. The van der Waals surface area contributed by atoms with Crippen LogP contribution in [0.2, 0.25) is 0 Å². The normalized spacial score (nSPS) is 11.8. The molecule has 0 saturated heterocycles. The number of ether oxygens (including phenoxy) is 1. The molecule has 0 aliphatic heterocycles. The number of hydrogen-bond acceptors (Lipinski definition) is 6. The number of nitrogens with zero attached hydrogens (tertiary/aromatic N) is 2. The summed E-state index contributed by atoms with van der Waals surface area (Å²) in [7, 11) is 0. The number of nitrogens with one attached hydrogen (secondary N) is 2. The Kier molecular flexibility index (Phi) is 4.94. The first-order chi connectivity index (χ1) is 10.1. The minimum Gasteiger partial charge on any atom is -0.491 e. The van der Waals surface area contributed by atoms with Gasteiger partial charge in [-0.1, -0.05) is 13.0 Å². The fourth-order valence-corrected chi connectivity index (χ4v) is 1.82. The van der Waals surface area contributed by atoms with E-state index >= 15 is 0 Å². The predicted molar refractivity (Wildman–Crippen MR) is 84.7 cm³/mol. The highest BCUT2D eigenvalue weighted by Crippen LogP contribution is 2.25. The van der Waals surface area contributed by atoms with Crippen molar-refractivity contribution in [1.82, 2.24) is 9.97 Å². The van der Waals surface area contributed by atoms with Crippen molar-refractivity contribution in [2.75, 3.05) is 10.7 Å². The lowest BCUT2D eigenvalue weighted by atomic mass is 10.2. The fourth-order valence-electron chi connectivity index (χ4n) is 1.82.